The molecule has 0 spiro atoms. The summed E-state index contributed by atoms with van der Waals surface area (Å²) in [5, 5.41) is 0. The van der Waals surface area contributed by atoms with Gasteiger partial charge < -0.3 is 0 Å². The normalized spacial score (nSPS) is 10.6. The summed E-state index contributed by atoms with van der Waals surface area (Å²) in [4.78, 5) is 72.3. The van der Waals surface area contributed by atoms with Crippen LogP contribution in [0.2, 0.25) is 0 Å². The molecule has 4 rings (SSSR count). The van der Waals surface area contributed by atoms with Crippen molar-refractivity contribution < 1.29 is 19.2 Å². The van der Waals surface area contributed by atoms with Crippen molar-refractivity contribution in [3.63, 3.8) is 0 Å². The van der Waals surface area contributed by atoms with Gasteiger partial charge in [0.2, 0.25) is 17.3 Å². The molecule has 0 unspecified atom stereocenters. The molecule has 0 amide bonds. The van der Waals surface area contributed by atoms with Gasteiger partial charge in [0, 0.05) is 52.9 Å². The van der Waals surface area contributed by atoms with E-state index in [-0.39, 0.29) is 28.1 Å². The lowest BCUT2D eigenvalue weighted by Crippen LogP contribution is -2.22. The average molecular weight is 464 g/mol. The Morgan fingerprint density at radius 2 is 1.51 bits per heavy atom. The van der Waals surface area contributed by atoms with Crippen LogP contribution in [0.3, 0.4) is 0 Å². The van der Waals surface area contributed by atoms with Gasteiger partial charge in [-0.25, -0.2) is 9.97 Å². The van der Waals surface area contributed by atoms with E-state index in [2.05, 4.69) is 24.9 Å². The fourth-order valence-electron chi connectivity index (χ4n) is 3.39. The number of hydrogen-bond acceptors (Lipinski definition) is 9. The summed E-state index contributed by atoms with van der Waals surface area (Å²) in [6, 6.07) is 7.81. The van der Waals surface area contributed by atoms with E-state index in [0.29, 0.717) is 17.0 Å². The van der Waals surface area contributed by atoms with Gasteiger partial charge in [0.15, 0.2) is 0 Å². The number of rotatable bonds is 7. The van der Waals surface area contributed by atoms with Crippen molar-refractivity contribution >= 4 is 23.6 Å². The summed E-state index contributed by atoms with van der Waals surface area (Å²) in [6.07, 6.45) is 7.32. The summed E-state index contributed by atoms with van der Waals surface area (Å²) in [5.74, 6) is -2.02. The van der Waals surface area contributed by atoms with Gasteiger partial charge in [-0.1, -0.05) is 0 Å². The Bertz CT molecular complexity index is 1500. The molecular formula is C26H18N5O4. The Morgan fingerprint density at radius 1 is 0.771 bits per heavy atom. The number of nitrogens with zero attached hydrogens (tertiary/aromatic N) is 5. The number of carbonyl (C=O) groups is 3. The molecule has 4 heterocycles. The molecule has 171 valence electrons. The number of pyridine rings is 3. The lowest BCUT2D eigenvalue weighted by Gasteiger charge is -2.11. The highest BCUT2D eigenvalue weighted by Gasteiger charge is 2.29. The van der Waals surface area contributed by atoms with Crippen LogP contribution in [0.25, 0.3) is 0 Å². The highest BCUT2D eigenvalue weighted by molar-refractivity contribution is 6.19. The molecule has 0 aliphatic rings. The minimum atomic E-state index is -0.684. The third kappa shape index (κ3) is 4.65. The number of aryl methyl sites for hydroxylation is 3. The first-order valence-corrected chi connectivity index (χ1v) is 10.5. The van der Waals surface area contributed by atoms with E-state index in [1.54, 1.807) is 51.5 Å². The van der Waals surface area contributed by atoms with E-state index in [1.807, 2.05) is 0 Å². The molecule has 35 heavy (non-hydrogen) atoms. The SMILES string of the molecule is Cc1cncc(C(=O)c2nc(C(=O)c3ccc(C)nc3)c([C]=O)nc2C(=O)c2cccnc2C)c1. The maximum absolute atomic E-state index is 13.5. The van der Waals surface area contributed by atoms with Gasteiger partial charge in [0.1, 0.15) is 22.8 Å². The monoisotopic (exact) mass is 464 g/mol. The van der Waals surface area contributed by atoms with E-state index in [0.717, 1.165) is 0 Å². The second kappa shape index (κ2) is 9.60. The first-order chi connectivity index (χ1) is 16.8. The Hall–Kier alpha value is -4.79. The van der Waals surface area contributed by atoms with Gasteiger partial charge in [0.05, 0.1) is 0 Å². The van der Waals surface area contributed by atoms with E-state index in [4.69, 9.17) is 0 Å². The third-order valence-corrected chi connectivity index (χ3v) is 5.20. The quantitative estimate of drug-likeness (QED) is 0.379. The standard InChI is InChI=1S/C26H18N5O4/c1-14-9-18(11-27-10-14)25(34)22-23(26(35)19-5-4-8-28-16(19)3)30-20(13-32)21(31-22)24(33)17-7-6-15(2)29-12-17/h4-12H,1-3H3. The molecule has 9 nitrogen and oxygen atoms in total. The predicted molar refractivity (Wildman–Crippen MR) is 124 cm³/mol. The Labute approximate surface area is 200 Å². The molecule has 0 saturated carbocycles. The molecule has 0 saturated heterocycles. The molecule has 0 fully saturated rings. The molecule has 0 bridgehead atoms. The predicted octanol–water partition coefficient (Wildman–Crippen LogP) is 2.74. The molecule has 1 radical (unpaired) electrons. The lowest BCUT2D eigenvalue weighted by molar-refractivity contribution is 0.0990. The summed E-state index contributed by atoms with van der Waals surface area (Å²) in [7, 11) is 0. The first-order valence-electron chi connectivity index (χ1n) is 10.5. The Balaban J connectivity index is 1.95. The van der Waals surface area contributed by atoms with Crippen LogP contribution in [-0.2, 0) is 4.79 Å². The van der Waals surface area contributed by atoms with Gasteiger partial charge in [-0.2, -0.15) is 0 Å². The first kappa shape index (κ1) is 23.4. The van der Waals surface area contributed by atoms with Crippen molar-refractivity contribution in [1.29, 1.82) is 0 Å². The summed E-state index contributed by atoms with van der Waals surface area (Å²) >= 11 is 0. The minimum Gasteiger partial charge on any atom is -0.287 e. The van der Waals surface area contributed by atoms with Crippen molar-refractivity contribution in [2.45, 2.75) is 20.8 Å². The molecular weight excluding hydrogens is 446 g/mol. The van der Waals surface area contributed by atoms with Crippen LogP contribution in [0.1, 0.15) is 70.8 Å². The van der Waals surface area contributed by atoms with Crippen LogP contribution in [-0.4, -0.2) is 48.6 Å². The maximum atomic E-state index is 13.5. The van der Waals surface area contributed by atoms with E-state index < -0.39 is 28.7 Å². The summed E-state index contributed by atoms with van der Waals surface area (Å²) in [6.45, 7) is 5.14. The van der Waals surface area contributed by atoms with E-state index >= 15 is 0 Å². The van der Waals surface area contributed by atoms with Crippen LogP contribution in [0.4, 0.5) is 0 Å². The topological polar surface area (TPSA) is 133 Å². The zero-order chi connectivity index (χ0) is 25.1. The van der Waals surface area contributed by atoms with Gasteiger partial charge in [0.25, 0.3) is 6.29 Å². The largest absolute Gasteiger partial charge is 0.287 e. The minimum absolute atomic E-state index is 0.138. The Kier molecular flexibility index (Phi) is 6.41. The van der Waals surface area contributed by atoms with E-state index in [1.165, 1.54) is 30.7 Å². The highest BCUT2D eigenvalue weighted by Crippen LogP contribution is 2.20. The van der Waals surface area contributed by atoms with Crippen molar-refractivity contribution in [3.8, 4) is 0 Å². The number of aromatic nitrogens is 5. The van der Waals surface area contributed by atoms with Crippen molar-refractivity contribution in [3.05, 3.63) is 112 Å². The number of ketones is 3. The second-order valence-electron chi connectivity index (χ2n) is 7.78. The van der Waals surface area contributed by atoms with Gasteiger partial charge >= 0.3 is 0 Å². The third-order valence-electron chi connectivity index (χ3n) is 5.20. The van der Waals surface area contributed by atoms with E-state index in [9.17, 15) is 19.2 Å². The van der Waals surface area contributed by atoms with Crippen LogP contribution >= 0.6 is 0 Å². The maximum Gasteiger partial charge on any atom is 0.255 e. The Morgan fingerprint density at radius 3 is 2.17 bits per heavy atom. The molecule has 0 aliphatic heterocycles. The molecule has 0 aromatic carbocycles. The molecule has 0 N–H and O–H groups in total. The van der Waals surface area contributed by atoms with Crippen molar-refractivity contribution in [1.82, 2.24) is 24.9 Å². The second-order valence-corrected chi connectivity index (χ2v) is 7.78. The molecule has 4 aromatic heterocycles. The lowest BCUT2D eigenvalue weighted by atomic mass is 9.99. The zero-order valence-corrected chi connectivity index (χ0v) is 19.1. The van der Waals surface area contributed by atoms with Gasteiger partial charge in [-0.3, -0.25) is 34.1 Å². The smallest absolute Gasteiger partial charge is 0.255 e. The van der Waals surface area contributed by atoms with Crippen LogP contribution in [0, 0.1) is 20.8 Å². The zero-order valence-electron chi connectivity index (χ0n) is 19.1. The average Bonchev–Trinajstić information content (AvgIpc) is 2.87. The van der Waals surface area contributed by atoms with Crippen LogP contribution < -0.4 is 0 Å². The van der Waals surface area contributed by atoms with Crippen molar-refractivity contribution in [2.75, 3.05) is 0 Å². The number of hydrogen-bond donors (Lipinski definition) is 0. The summed E-state index contributed by atoms with van der Waals surface area (Å²) < 4.78 is 0. The molecule has 9 heteroatoms. The van der Waals surface area contributed by atoms with Crippen LogP contribution in [0.5, 0.6) is 0 Å². The van der Waals surface area contributed by atoms with Crippen LogP contribution in [0.15, 0.2) is 55.1 Å². The molecule has 0 atom stereocenters. The van der Waals surface area contributed by atoms with Gasteiger partial charge in [-0.15, -0.1) is 0 Å². The summed E-state index contributed by atoms with van der Waals surface area (Å²) in [5.41, 5.74) is 0.596. The fourth-order valence-corrected chi connectivity index (χ4v) is 3.39. The van der Waals surface area contributed by atoms with Gasteiger partial charge in [-0.05, 0) is 56.7 Å². The molecule has 4 aromatic rings. The van der Waals surface area contributed by atoms with Crippen molar-refractivity contribution in [2.24, 2.45) is 0 Å². The molecule has 0 aliphatic carbocycles. The highest BCUT2D eigenvalue weighted by atomic mass is 16.1. The fraction of sp³-hybridized carbons (Fsp3) is 0.115. The number of carbonyl (C=O) groups excluding carboxylic acids is 4.